The maximum atomic E-state index is 3.58. The zero-order chi connectivity index (χ0) is 8.10. The summed E-state index contributed by atoms with van der Waals surface area (Å²) in [5.74, 6) is 0. The van der Waals surface area contributed by atoms with Crippen LogP contribution in [0, 0.1) is 0 Å². The Bertz CT molecular complexity index is 223. The highest BCUT2D eigenvalue weighted by atomic mass is 79.9. The lowest BCUT2D eigenvalue weighted by Crippen LogP contribution is -2.08. The number of hydrogen-bond acceptors (Lipinski definition) is 0. The third-order valence-corrected chi connectivity index (χ3v) is 4.38. The normalized spacial score (nSPS) is 9.27. The summed E-state index contributed by atoms with van der Waals surface area (Å²) in [5, 5.41) is 0. The minimum absolute atomic E-state index is 0.135. The molecule has 0 bridgehead atoms. The highest BCUT2D eigenvalue weighted by Crippen LogP contribution is 2.00. The molecule has 0 saturated heterocycles. The number of aryl methyl sites for hydroxylation is 1. The number of hydrogen-bond donors (Lipinski definition) is 0. The van der Waals surface area contributed by atoms with Crippen LogP contribution in [-0.2, 0) is 6.42 Å². The number of halogens is 1. The van der Waals surface area contributed by atoms with E-state index in [1.807, 2.05) is 0 Å². The first-order valence-corrected chi connectivity index (χ1v) is 8.61. The maximum absolute atomic E-state index is 3.58. The standard InChI is InChI=1S/C9H11.BrH.Mg/c1-2-6-9-7-4-3-5-8-9;;/h3-4,7-8H,2,6H2,1H3;1H;/q;;+1/p-1. The molecule has 0 N–H and O–H groups in total. The summed E-state index contributed by atoms with van der Waals surface area (Å²) in [4.78, 5) is 0. The molecular weight excluding hydrogens is 212 g/mol. The van der Waals surface area contributed by atoms with Gasteiger partial charge in [0.15, 0.2) is 0 Å². The van der Waals surface area contributed by atoms with Gasteiger partial charge in [-0.1, -0.05) is 43.2 Å². The summed E-state index contributed by atoms with van der Waals surface area (Å²) in [6, 6.07) is 8.91. The molecule has 1 aromatic carbocycles. The predicted octanol–water partition coefficient (Wildman–Crippen LogP) is 2.28. The minimum Gasteiger partial charge on any atom is -0.296 e. The Morgan fingerprint density at radius 2 is 2.27 bits per heavy atom. The van der Waals surface area contributed by atoms with Gasteiger partial charge in [-0.25, -0.2) is 0 Å². The van der Waals surface area contributed by atoms with E-state index >= 15 is 0 Å². The Morgan fingerprint density at radius 1 is 1.45 bits per heavy atom. The van der Waals surface area contributed by atoms with Gasteiger partial charge in [0, 0.05) is 0 Å². The van der Waals surface area contributed by atoms with Crippen molar-refractivity contribution in [2.45, 2.75) is 19.8 Å². The summed E-state index contributed by atoms with van der Waals surface area (Å²) in [6.45, 7) is 2.22. The SMILES string of the molecule is CCCc1ccc[c]([Mg][Br])c1. The van der Waals surface area contributed by atoms with Crippen LogP contribution in [0.15, 0.2) is 24.3 Å². The van der Waals surface area contributed by atoms with Crippen LogP contribution in [0.1, 0.15) is 18.9 Å². The van der Waals surface area contributed by atoms with Gasteiger partial charge in [-0.2, -0.15) is 3.69 Å². The first-order chi connectivity index (χ1) is 5.36. The summed E-state index contributed by atoms with van der Waals surface area (Å²) >= 11 is 3.45. The second-order valence-electron chi connectivity index (χ2n) is 2.70. The van der Waals surface area contributed by atoms with Crippen LogP contribution in [0.2, 0.25) is 0 Å². The summed E-state index contributed by atoms with van der Waals surface area (Å²) in [7, 11) is 0. The van der Waals surface area contributed by atoms with Crippen LogP contribution in [0.5, 0.6) is 0 Å². The lowest BCUT2D eigenvalue weighted by molar-refractivity contribution is 0.923. The van der Waals surface area contributed by atoms with Gasteiger partial charge >= 0.3 is 18.2 Å². The zero-order valence-corrected chi connectivity index (χ0v) is 9.81. The Balaban J connectivity index is 2.74. The van der Waals surface area contributed by atoms with E-state index in [4.69, 9.17) is 0 Å². The molecule has 0 aromatic heterocycles. The highest BCUT2D eigenvalue weighted by molar-refractivity contribution is 9.23. The smallest absolute Gasteiger partial charge is 0.296 e. The highest BCUT2D eigenvalue weighted by Gasteiger charge is 1.95. The van der Waals surface area contributed by atoms with Crippen molar-refractivity contribution in [1.29, 1.82) is 0 Å². The largest absolute Gasteiger partial charge is 0.506 e. The summed E-state index contributed by atoms with van der Waals surface area (Å²) in [6.07, 6.45) is 2.46. The van der Waals surface area contributed by atoms with Crippen LogP contribution in [0.3, 0.4) is 0 Å². The van der Waals surface area contributed by atoms with Crippen molar-refractivity contribution in [2.24, 2.45) is 0 Å². The van der Waals surface area contributed by atoms with Crippen molar-refractivity contribution in [2.75, 3.05) is 0 Å². The number of rotatable bonds is 3. The van der Waals surface area contributed by atoms with Gasteiger partial charge in [-0.05, 0) is 6.42 Å². The molecule has 0 spiro atoms. The van der Waals surface area contributed by atoms with E-state index in [2.05, 4.69) is 44.1 Å². The monoisotopic (exact) mass is 222 g/mol. The molecule has 0 atom stereocenters. The molecular formula is C9H11BrMg. The Labute approximate surface area is 84.0 Å². The van der Waals surface area contributed by atoms with Crippen molar-refractivity contribution >= 4 is 34.8 Å². The molecule has 0 aliphatic heterocycles. The fourth-order valence-corrected chi connectivity index (χ4v) is 2.77. The fourth-order valence-electron chi connectivity index (χ4n) is 1.16. The Kier molecular flexibility index (Phi) is 4.49. The predicted molar refractivity (Wildman–Crippen MR) is 54.8 cm³/mol. The molecule has 0 radical (unpaired) electrons. The first kappa shape index (κ1) is 9.55. The van der Waals surface area contributed by atoms with Crippen LogP contribution in [0.4, 0.5) is 0 Å². The third kappa shape index (κ3) is 3.14. The molecule has 0 aliphatic carbocycles. The van der Waals surface area contributed by atoms with E-state index in [0.29, 0.717) is 0 Å². The van der Waals surface area contributed by atoms with Crippen LogP contribution in [-0.4, -0.2) is 18.2 Å². The zero-order valence-electron chi connectivity index (χ0n) is 6.81. The van der Waals surface area contributed by atoms with E-state index in [0.717, 1.165) is 0 Å². The molecule has 0 fully saturated rings. The van der Waals surface area contributed by atoms with Crippen molar-refractivity contribution in [3.8, 4) is 0 Å². The average Bonchev–Trinajstić information content (AvgIpc) is 2.06. The van der Waals surface area contributed by atoms with Crippen molar-refractivity contribution < 1.29 is 0 Å². The summed E-state index contributed by atoms with van der Waals surface area (Å²) in [5.41, 5.74) is 1.48. The lowest BCUT2D eigenvalue weighted by atomic mass is 10.1. The molecule has 0 aliphatic rings. The van der Waals surface area contributed by atoms with Crippen LogP contribution in [0.25, 0.3) is 0 Å². The fraction of sp³-hybridized carbons (Fsp3) is 0.333. The topological polar surface area (TPSA) is 0 Å². The molecule has 2 heteroatoms. The van der Waals surface area contributed by atoms with Gasteiger partial charge in [-0.3, -0.25) is 12.9 Å². The van der Waals surface area contributed by atoms with Crippen molar-refractivity contribution in [1.82, 2.24) is 0 Å². The minimum atomic E-state index is -0.135. The molecule has 56 valence electrons. The first-order valence-electron chi connectivity index (χ1n) is 4.00. The molecule has 0 heterocycles. The lowest BCUT2D eigenvalue weighted by Gasteiger charge is -2.00. The molecule has 0 saturated carbocycles. The van der Waals surface area contributed by atoms with Crippen LogP contribution >= 0.6 is 12.9 Å². The van der Waals surface area contributed by atoms with Gasteiger partial charge in [0.2, 0.25) is 0 Å². The molecule has 0 unspecified atom stereocenters. The van der Waals surface area contributed by atoms with E-state index < -0.39 is 0 Å². The molecule has 0 amide bonds. The number of benzene rings is 1. The molecule has 11 heavy (non-hydrogen) atoms. The van der Waals surface area contributed by atoms with E-state index in [1.165, 1.54) is 22.1 Å². The van der Waals surface area contributed by atoms with Gasteiger partial charge in [0.05, 0.1) is 0 Å². The van der Waals surface area contributed by atoms with Crippen molar-refractivity contribution in [3.05, 3.63) is 29.8 Å². The maximum Gasteiger partial charge on any atom is 0.506 e. The van der Waals surface area contributed by atoms with Gasteiger partial charge in [0.25, 0.3) is 0 Å². The second-order valence-corrected chi connectivity index (χ2v) is 5.47. The Morgan fingerprint density at radius 3 is 2.91 bits per heavy atom. The second kappa shape index (κ2) is 5.17. The molecule has 1 rings (SSSR count). The van der Waals surface area contributed by atoms with Crippen LogP contribution < -0.4 is 3.69 Å². The Hall–Kier alpha value is 0.466. The van der Waals surface area contributed by atoms with Gasteiger partial charge in [0.1, 0.15) is 0 Å². The third-order valence-electron chi connectivity index (χ3n) is 1.68. The quantitative estimate of drug-likeness (QED) is 0.690. The van der Waals surface area contributed by atoms with E-state index in [1.54, 1.807) is 0 Å². The van der Waals surface area contributed by atoms with Gasteiger partial charge < -0.3 is 0 Å². The average molecular weight is 223 g/mol. The summed E-state index contributed by atoms with van der Waals surface area (Å²) < 4.78 is 1.51. The van der Waals surface area contributed by atoms with E-state index in [-0.39, 0.29) is 18.2 Å². The van der Waals surface area contributed by atoms with Gasteiger partial charge in [-0.15, -0.1) is 0 Å². The molecule has 1 aromatic rings. The van der Waals surface area contributed by atoms with E-state index in [9.17, 15) is 0 Å². The van der Waals surface area contributed by atoms with Crippen molar-refractivity contribution in [3.63, 3.8) is 0 Å². The molecule has 0 nitrogen and oxygen atoms in total.